The van der Waals surface area contributed by atoms with Gasteiger partial charge in [-0.25, -0.2) is 14.7 Å². The lowest BCUT2D eigenvalue weighted by Crippen LogP contribution is -2.03. The first kappa shape index (κ1) is 21.7. The minimum absolute atomic E-state index is 0.353. The summed E-state index contributed by atoms with van der Waals surface area (Å²) in [7, 11) is 0. The molecule has 4 heteroatoms. The van der Waals surface area contributed by atoms with E-state index in [0.717, 1.165) is 24.8 Å². The van der Waals surface area contributed by atoms with Crippen molar-refractivity contribution in [3.05, 3.63) is 12.2 Å². The Labute approximate surface area is 141 Å². The summed E-state index contributed by atoms with van der Waals surface area (Å²) in [5.74, 6) is -1.17. The Morgan fingerprint density at radius 3 is 1.74 bits per heavy atom. The fourth-order valence-electron chi connectivity index (χ4n) is 2.43. The first-order valence-corrected chi connectivity index (χ1v) is 9.08. The molecular weight excluding hydrogens is 292 g/mol. The Bertz CT molecular complexity index is 334. The molecule has 0 unspecified atom stereocenters. The van der Waals surface area contributed by atoms with Crippen molar-refractivity contribution in [2.45, 2.75) is 84.5 Å². The minimum atomic E-state index is -1.39. The molecule has 133 valence electrons. The molecule has 0 saturated heterocycles. The van der Waals surface area contributed by atoms with Gasteiger partial charge in [-0.1, -0.05) is 78.1 Å². The third-order valence-electron chi connectivity index (χ3n) is 3.78. The van der Waals surface area contributed by atoms with Crippen molar-refractivity contribution in [1.82, 2.24) is 0 Å². The van der Waals surface area contributed by atoms with Crippen LogP contribution in [-0.4, -0.2) is 18.5 Å². The molecule has 0 aromatic heterocycles. The van der Waals surface area contributed by atoms with Crippen LogP contribution in [-0.2, 0) is 19.4 Å². The maximum atomic E-state index is 11.1. The van der Waals surface area contributed by atoms with Gasteiger partial charge in [0, 0.05) is 12.2 Å². The lowest BCUT2D eigenvalue weighted by molar-refractivity contribution is -0.140. The molecule has 0 aliphatic rings. The first-order valence-electron chi connectivity index (χ1n) is 9.08. The van der Waals surface area contributed by atoms with E-state index >= 15 is 0 Å². The third-order valence-corrected chi connectivity index (χ3v) is 3.78. The van der Waals surface area contributed by atoms with Crippen molar-refractivity contribution in [2.75, 3.05) is 6.61 Å². The average molecular weight is 325 g/mol. The predicted octanol–water partition coefficient (Wildman–Crippen LogP) is 4.99. The lowest BCUT2D eigenvalue weighted by Gasteiger charge is -2.05. The summed E-state index contributed by atoms with van der Waals surface area (Å²) in [5, 5.41) is 10.1. The maximum absolute atomic E-state index is 11.1. The molecule has 0 bridgehead atoms. The molecule has 0 spiro atoms. The van der Waals surface area contributed by atoms with Crippen LogP contribution in [0.1, 0.15) is 84.5 Å². The highest BCUT2D eigenvalue weighted by atomic mass is 16.5. The van der Waals surface area contributed by atoms with Gasteiger partial charge in [0.2, 0.25) is 0 Å². The topological polar surface area (TPSA) is 63.3 Å². The molecule has 0 heterocycles. The third kappa shape index (κ3) is 18.6. The highest BCUT2D eigenvalue weighted by molar-refractivity contribution is 5.90. The van der Waals surface area contributed by atoms with E-state index in [1.165, 1.54) is 57.8 Å². The maximum Gasteiger partial charge on any atom is 0.379 e. The van der Waals surface area contributed by atoms with Crippen molar-refractivity contribution in [3.63, 3.8) is 0 Å². The van der Waals surface area contributed by atoms with E-state index in [0.29, 0.717) is 12.7 Å². The Hall–Kier alpha value is -1.32. The zero-order valence-electron chi connectivity index (χ0n) is 14.9. The quantitative estimate of drug-likeness (QED) is 0.242. The zero-order chi connectivity index (χ0) is 17.3. The Morgan fingerprint density at radius 2 is 1.26 bits per heavy atom. The number of hydrogen-bond acceptors (Lipinski definition) is 3. The van der Waals surface area contributed by atoms with Crippen LogP contribution in [0.15, 0.2) is 12.2 Å². The second kappa shape index (κ2) is 15.6. The smallest absolute Gasteiger partial charge is 0.379 e. The van der Waals surface area contributed by atoms with Crippen molar-refractivity contribution in [2.24, 2.45) is 5.92 Å². The van der Waals surface area contributed by atoms with Crippen molar-refractivity contribution in [3.8, 4) is 0 Å². The minimum Gasteiger partial charge on any atom is -0.463 e. The summed E-state index contributed by atoms with van der Waals surface area (Å²) < 4.78 is 4.87. The van der Waals surface area contributed by atoms with Gasteiger partial charge in [0.1, 0.15) is 0 Å². The number of carbonyl (C=O) groups excluding carboxylic acids is 2. The summed E-state index contributed by atoms with van der Waals surface area (Å²) in [6, 6.07) is 0. The van der Waals surface area contributed by atoms with Crippen molar-refractivity contribution < 1.29 is 19.4 Å². The Kier molecular flexibility index (Phi) is 14.7. The van der Waals surface area contributed by atoms with Gasteiger partial charge in [0.05, 0.1) is 6.61 Å². The second-order valence-corrected chi connectivity index (χ2v) is 6.54. The molecule has 0 N–H and O–H groups in total. The monoisotopic (exact) mass is 325 g/mol. The average Bonchev–Trinajstić information content (AvgIpc) is 2.49. The van der Waals surface area contributed by atoms with Crippen LogP contribution in [0.5, 0.6) is 0 Å². The van der Waals surface area contributed by atoms with Crippen LogP contribution in [0.4, 0.5) is 0 Å². The van der Waals surface area contributed by atoms with Gasteiger partial charge in [-0.05, 0) is 12.3 Å². The van der Waals surface area contributed by atoms with Crippen LogP contribution in [0.2, 0.25) is 0 Å². The molecule has 1 radical (unpaired) electrons. The molecule has 23 heavy (non-hydrogen) atoms. The molecule has 0 aromatic carbocycles. The molecule has 0 aliphatic carbocycles. The van der Waals surface area contributed by atoms with E-state index < -0.39 is 11.9 Å². The van der Waals surface area contributed by atoms with Crippen molar-refractivity contribution >= 4 is 11.9 Å². The summed E-state index contributed by atoms with van der Waals surface area (Å²) in [4.78, 5) is 21.2. The number of rotatable bonds is 15. The number of unbranched alkanes of at least 4 members (excludes halogenated alkanes) is 9. The molecule has 0 fully saturated rings. The number of ether oxygens (including phenoxy) is 1. The van der Waals surface area contributed by atoms with E-state index in [4.69, 9.17) is 4.74 Å². The van der Waals surface area contributed by atoms with Crippen LogP contribution >= 0.6 is 0 Å². The number of hydrogen-bond donors (Lipinski definition) is 0. The van der Waals surface area contributed by atoms with Crippen LogP contribution in [0.25, 0.3) is 0 Å². The fraction of sp³-hybridized carbons (Fsp3) is 0.789. The highest BCUT2D eigenvalue weighted by Crippen LogP contribution is 2.13. The molecule has 0 aromatic rings. The summed E-state index contributed by atoms with van der Waals surface area (Å²) in [6.07, 6.45) is 15.3. The number of carbonyl (C=O) groups is 2. The van der Waals surface area contributed by atoms with E-state index in [2.05, 4.69) is 13.8 Å². The molecule has 0 aliphatic heterocycles. The normalized spacial score (nSPS) is 11.3. The Morgan fingerprint density at radius 1 is 0.783 bits per heavy atom. The molecule has 0 amide bonds. The molecule has 0 atom stereocenters. The predicted molar refractivity (Wildman–Crippen MR) is 91.4 cm³/mol. The summed E-state index contributed by atoms with van der Waals surface area (Å²) in [6.45, 7) is 4.92. The van der Waals surface area contributed by atoms with Crippen molar-refractivity contribution in [1.29, 1.82) is 0 Å². The SMILES string of the molecule is CC(C)CCCCCCCCCCCCOC(=O)/C=C/C([O])=O. The second-order valence-electron chi connectivity index (χ2n) is 6.54. The van der Waals surface area contributed by atoms with Gasteiger partial charge in [-0.15, -0.1) is 0 Å². The summed E-state index contributed by atoms with van der Waals surface area (Å²) >= 11 is 0. The van der Waals surface area contributed by atoms with E-state index in [1.54, 1.807) is 0 Å². The van der Waals surface area contributed by atoms with Gasteiger partial charge >= 0.3 is 11.9 Å². The van der Waals surface area contributed by atoms with E-state index in [1.807, 2.05) is 0 Å². The highest BCUT2D eigenvalue weighted by Gasteiger charge is 1.99. The van der Waals surface area contributed by atoms with E-state index in [9.17, 15) is 14.7 Å². The van der Waals surface area contributed by atoms with Gasteiger partial charge in [0.25, 0.3) is 0 Å². The molecular formula is C19H33O4. The molecule has 0 saturated carbocycles. The van der Waals surface area contributed by atoms with Crippen LogP contribution in [0.3, 0.4) is 0 Å². The largest absolute Gasteiger partial charge is 0.463 e. The van der Waals surface area contributed by atoms with Gasteiger partial charge in [0.15, 0.2) is 0 Å². The lowest BCUT2D eigenvalue weighted by atomic mass is 10.0. The van der Waals surface area contributed by atoms with Crippen LogP contribution < -0.4 is 0 Å². The zero-order valence-corrected chi connectivity index (χ0v) is 14.9. The van der Waals surface area contributed by atoms with Gasteiger partial charge in [-0.2, -0.15) is 0 Å². The van der Waals surface area contributed by atoms with Gasteiger partial charge in [-0.3, -0.25) is 0 Å². The molecule has 4 nitrogen and oxygen atoms in total. The van der Waals surface area contributed by atoms with Gasteiger partial charge < -0.3 is 4.74 Å². The Balaban J connectivity index is 3.19. The first-order chi connectivity index (χ1) is 11.0. The fourth-order valence-corrected chi connectivity index (χ4v) is 2.43. The molecule has 0 rings (SSSR count). The summed E-state index contributed by atoms with van der Waals surface area (Å²) in [5.41, 5.74) is 0. The standard InChI is InChI=1S/C19H33O4/c1-17(2)13-11-9-7-5-3-4-6-8-10-12-16-23-19(22)15-14-18(20)21/h14-15,17H,3-13,16H2,1-2H3/b15-14+. The van der Waals surface area contributed by atoms with E-state index in [-0.39, 0.29) is 0 Å². The van der Waals surface area contributed by atoms with Crippen LogP contribution in [0, 0.1) is 5.92 Å². The number of esters is 1.